The third-order valence-electron chi connectivity index (χ3n) is 5.13. The van der Waals surface area contributed by atoms with E-state index in [4.69, 9.17) is 9.47 Å². The number of rotatable bonds is 9. The van der Waals surface area contributed by atoms with Crippen LogP contribution in [-0.2, 0) is 32.0 Å². The highest BCUT2D eigenvalue weighted by Crippen LogP contribution is 2.61. The molecule has 1 aromatic rings. The molecule has 3 rings (SSSR count). The van der Waals surface area contributed by atoms with Crippen LogP contribution in [0.3, 0.4) is 0 Å². The van der Waals surface area contributed by atoms with Gasteiger partial charge < -0.3 is 44.8 Å². The molecule has 206 valence electrons. The van der Waals surface area contributed by atoms with Crippen LogP contribution in [0.25, 0.3) is 0 Å². The van der Waals surface area contributed by atoms with Gasteiger partial charge in [0.05, 0.1) is 6.61 Å². The number of phosphoric acid groups is 2. The molecule has 0 bridgehead atoms. The number of halogens is 1. The number of alkyl halides is 1. The monoisotopic (exact) mass is 568 g/mol. The molecule has 0 saturated carbocycles. The highest BCUT2D eigenvalue weighted by molar-refractivity contribution is 7.61. The zero-order valence-corrected chi connectivity index (χ0v) is 19.6. The summed E-state index contributed by atoms with van der Waals surface area (Å²) in [6, 6.07) is 0.921. The van der Waals surface area contributed by atoms with Crippen LogP contribution in [0.1, 0.15) is 6.23 Å². The number of aliphatic hydroxyl groups is 5. The molecular weight excluding hydrogens is 545 g/mol. The Kier molecular flexibility index (Phi) is 9.02. The van der Waals surface area contributed by atoms with Crippen LogP contribution in [0.2, 0.25) is 0 Å². The van der Waals surface area contributed by atoms with E-state index >= 15 is 0 Å². The van der Waals surface area contributed by atoms with Crippen molar-refractivity contribution in [3.8, 4) is 0 Å². The second-order valence-corrected chi connectivity index (χ2v) is 10.6. The average molecular weight is 568 g/mol. The van der Waals surface area contributed by atoms with Crippen LogP contribution in [0.15, 0.2) is 21.9 Å². The van der Waals surface area contributed by atoms with Crippen LogP contribution in [0.4, 0.5) is 4.39 Å². The van der Waals surface area contributed by atoms with Gasteiger partial charge in [-0.2, -0.15) is 4.31 Å². The fraction of sp³-hybridized carbons (Fsp3) is 0.733. The van der Waals surface area contributed by atoms with E-state index in [0.29, 0.717) is 4.57 Å². The maximum absolute atomic E-state index is 12.9. The van der Waals surface area contributed by atoms with Gasteiger partial charge in [-0.3, -0.25) is 23.4 Å². The average Bonchev–Trinajstić information content (AvgIpc) is 3.06. The van der Waals surface area contributed by atoms with Crippen molar-refractivity contribution in [2.24, 2.45) is 0 Å². The molecule has 0 amide bonds. The predicted molar refractivity (Wildman–Crippen MR) is 108 cm³/mol. The Labute approximate surface area is 199 Å². The Bertz CT molecular complexity index is 1130. The summed E-state index contributed by atoms with van der Waals surface area (Å²) in [7, 11) is -11.1. The third kappa shape index (κ3) is 6.53. The number of H-pyrrole nitrogens is 1. The molecule has 8 N–H and O–H groups in total. The van der Waals surface area contributed by atoms with Gasteiger partial charge in [-0.25, -0.2) is 18.3 Å². The first-order valence-corrected chi connectivity index (χ1v) is 12.9. The van der Waals surface area contributed by atoms with E-state index in [-0.39, 0.29) is 0 Å². The Morgan fingerprint density at radius 1 is 0.944 bits per heavy atom. The minimum absolute atomic E-state index is 0.714. The predicted octanol–water partition coefficient (Wildman–Crippen LogP) is -3.82. The molecule has 0 radical (unpaired) electrons. The van der Waals surface area contributed by atoms with Gasteiger partial charge in [0.25, 0.3) is 5.56 Å². The molecule has 3 heterocycles. The zero-order chi connectivity index (χ0) is 27.0. The fourth-order valence-electron chi connectivity index (χ4n) is 3.33. The molecule has 2 saturated heterocycles. The summed E-state index contributed by atoms with van der Waals surface area (Å²) in [6.45, 7) is -2.44. The van der Waals surface area contributed by atoms with Crippen molar-refractivity contribution in [1.82, 2.24) is 9.55 Å². The quantitative estimate of drug-likeness (QED) is 0.133. The van der Waals surface area contributed by atoms with Crippen LogP contribution < -0.4 is 11.2 Å². The summed E-state index contributed by atoms with van der Waals surface area (Å²) in [6.07, 6.45) is -16.0. The maximum atomic E-state index is 12.9. The van der Waals surface area contributed by atoms with Gasteiger partial charge in [0.1, 0.15) is 49.4 Å². The number of aliphatic hydroxyl groups excluding tert-OH is 5. The van der Waals surface area contributed by atoms with Crippen LogP contribution in [-0.4, -0.2) is 107 Å². The number of aromatic nitrogens is 2. The summed E-state index contributed by atoms with van der Waals surface area (Å²) in [5.41, 5.74) is -1.76. The molecule has 0 aliphatic carbocycles. The first kappa shape index (κ1) is 29.2. The van der Waals surface area contributed by atoms with Crippen molar-refractivity contribution in [3.05, 3.63) is 33.1 Å². The normalized spacial score (nSPS) is 38.4. The highest BCUT2D eigenvalue weighted by atomic mass is 31.3. The van der Waals surface area contributed by atoms with Crippen molar-refractivity contribution in [1.29, 1.82) is 0 Å². The van der Waals surface area contributed by atoms with Gasteiger partial charge in [-0.1, -0.05) is 0 Å². The molecule has 2 unspecified atom stereocenters. The topological polar surface area (TPSA) is 277 Å². The van der Waals surface area contributed by atoms with Gasteiger partial charge in [-0.05, 0) is 0 Å². The van der Waals surface area contributed by atoms with E-state index < -0.39 is 95.4 Å². The lowest BCUT2D eigenvalue weighted by atomic mass is 10.00. The Balaban J connectivity index is 1.61. The summed E-state index contributed by atoms with van der Waals surface area (Å²) < 4.78 is 60.7. The first-order chi connectivity index (χ1) is 16.7. The molecule has 18 nitrogen and oxygen atoms in total. The molecule has 36 heavy (non-hydrogen) atoms. The standard InChI is InChI=1S/C15H23FN2O16P2/c16-3-5-8(20)10(22)12(24)14(32-5)33-36(28,29)34-35(26,27)30-4-6-9(21)11(23)13(31-6)18-2-1-7(19)17-15(18)25/h1-2,5-6,8-14,20-24H,3-4H2,(H,26,27)(H,28,29)(H,17,19,25)/t5-,6-,8+,9-,10+,11-,12-,13-,14-/m1/s1. The minimum atomic E-state index is -5.63. The van der Waals surface area contributed by atoms with E-state index in [1.54, 1.807) is 0 Å². The fourth-order valence-corrected chi connectivity index (χ4v) is 5.49. The molecule has 21 heteroatoms. The lowest BCUT2D eigenvalue weighted by Gasteiger charge is -2.39. The number of nitrogens with zero attached hydrogens (tertiary/aromatic N) is 1. The van der Waals surface area contributed by atoms with Gasteiger partial charge in [0, 0.05) is 12.3 Å². The van der Waals surface area contributed by atoms with Crippen LogP contribution >= 0.6 is 15.6 Å². The Morgan fingerprint density at radius 2 is 1.58 bits per heavy atom. The van der Waals surface area contributed by atoms with E-state index in [9.17, 15) is 58.4 Å². The smallest absolute Gasteiger partial charge is 0.387 e. The van der Waals surface area contributed by atoms with E-state index in [2.05, 4.69) is 13.4 Å². The molecule has 0 spiro atoms. The lowest BCUT2D eigenvalue weighted by molar-refractivity contribution is -0.277. The van der Waals surface area contributed by atoms with Crippen LogP contribution in [0, 0.1) is 0 Å². The molecule has 11 atom stereocenters. The maximum Gasteiger partial charge on any atom is 0.483 e. The van der Waals surface area contributed by atoms with Gasteiger partial charge in [0.15, 0.2) is 12.5 Å². The summed E-state index contributed by atoms with van der Waals surface area (Å²) in [5.74, 6) is 0. The number of nitrogens with one attached hydrogen (secondary N) is 1. The minimum Gasteiger partial charge on any atom is -0.387 e. The van der Waals surface area contributed by atoms with Crippen molar-refractivity contribution in [2.75, 3.05) is 13.3 Å². The lowest BCUT2D eigenvalue weighted by Crippen LogP contribution is -2.58. The van der Waals surface area contributed by atoms with Crippen molar-refractivity contribution in [2.45, 2.75) is 55.2 Å². The van der Waals surface area contributed by atoms with Gasteiger partial charge >= 0.3 is 21.3 Å². The van der Waals surface area contributed by atoms with Gasteiger partial charge in [-0.15, -0.1) is 0 Å². The summed E-state index contributed by atoms with van der Waals surface area (Å²) in [5, 5.41) is 49.3. The second kappa shape index (κ2) is 11.1. The third-order valence-corrected chi connectivity index (χ3v) is 7.73. The number of aromatic amines is 1. The summed E-state index contributed by atoms with van der Waals surface area (Å²) >= 11 is 0. The Morgan fingerprint density at radius 3 is 2.19 bits per heavy atom. The molecular formula is C15H23FN2O16P2. The zero-order valence-electron chi connectivity index (χ0n) is 17.8. The van der Waals surface area contributed by atoms with Crippen LogP contribution in [0.5, 0.6) is 0 Å². The van der Waals surface area contributed by atoms with Gasteiger partial charge in [0.2, 0.25) is 0 Å². The Hall–Kier alpha value is -1.41. The second-order valence-electron chi connectivity index (χ2n) is 7.65. The number of ether oxygens (including phenoxy) is 2. The van der Waals surface area contributed by atoms with Crippen molar-refractivity contribution in [3.63, 3.8) is 0 Å². The first-order valence-electron chi connectivity index (χ1n) is 9.94. The van der Waals surface area contributed by atoms with Crippen molar-refractivity contribution >= 4 is 15.6 Å². The molecule has 2 aliphatic heterocycles. The largest absolute Gasteiger partial charge is 0.483 e. The van der Waals surface area contributed by atoms with Crippen molar-refractivity contribution < 1.29 is 71.7 Å². The molecule has 2 fully saturated rings. The van der Waals surface area contributed by atoms with E-state index in [0.717, 1.165) is 12.3 Å². The number of hydrogen-bond acceptors (Lipinski definition) is 14. The molecule has 0 aromatic carbocycles. The van der Waals surface area contributed by atoms with E-state index in [1.165, 1.54) is 0 Å². The number of phosphoric ester groups is 2. The molecule has 1 aromatic heterocycles. The highest BCUT2D eigenvalue weighted by Gasteiger charge is 2.49. The molecule has 2 aliphatic rings. The number of hydrogen-bond donors (Lipinski definition) is 8. The van der Waals surface area contributed by atoms with E-state index in [1.807, 2.05) is 4.98 Å². The summed E-state index contributed by atoms with van der Waals surface area (Å²) in [4.78, 5) is 44.4. The SMILES string of the molecule is O=c1ccn([C@@H]2O[C@H](COP(=O)(O)OP(=O)(O)O[C@H]3O[C@H](CF)[C@H](O)[C@H](O)[C@H]3O)[C@@H](O)[C@H]2O)c(=O)[nH]1.